The number of methoxy groups -OCH3 is 2. The van der Waals surface area contributed by atoms with Crippen LogP contribution in [0, 0.1) is 0 Å². The van der Waals surface area contributed by atoms with Crippen molar-refractivity contribution in [2.75, 3.05) is 33.9 Å². The number of amides is 2. The second-order valence-electron chi connectivity index (χ2n) is 6.77. The number of ether oxygens (including phenoxy) is 2. The molecule has 2 fully saturated rings. The van der Waals surface area contributed by atoms with E-state index in [0.717, 1.165) is 32.4 Å². The molecule has 2 saturated heterocycles. The van der Waals surface area contributed by atoms with Crippen molar-refractivity contribution in [1.29, 1.82) is 0 Å². The Balaban J connectivity index is 1.72. The van der Waals surface area contributed by atoms with Crippen LogP contribution in [0.2, 0.25) is 0 Å². The number of piperidine rings is 1. The van der Waals surface area contributed by atoms with Crippen molar-refractivity contribution in [3.63, 3.8) is 0 Å². The van der Waals surface area contributed by atoms with Gasteiger partial charge in [-0.3, -0.25) is 9.59 Å². The van der Waals surface area contributed by atoms with Gasteiger partial charge in [-0.25, -0.2) is 0 Å². The third-order valence-electron chi connectivity index (χ3n) is 5.10. The Bertz CT molecular complexity index is 658. The summed E-state index contributed by atoms with van der Waals surface area (Å²) in [5, 5.41) is 6.39. The van der Waals surface area contributed by atoms with Crippen molar-refractivity contribution in [2.24, 2.45) is 0 Å². The van der Waals surface area contributed by atoms with E-state index >= 15 is 0 Å². The number of benzene rings is 1. The second-order valence-corrected chi connectivity index (χ2v) is 6.77. The highest BCUT2D eigenvalue weighted by Gasteiger charge is 2.36. The third-order valence-corrected chi connectivity index (χ3v) is 5.10. The van der Waals surface area contributed by atoms with Crippen LogP contribution >= 0.6 is 0 Å². The molecule has 2 aliphatic rings. The van der Waals surface area contributed by atoms with Crippen LogP contribution in [-0.2, 0) is 4.79 Å². The van der Waals surface area contributed by atoms with Crippen molar-refractivity contribution in [2.45, 2.75) is 37.8 Å². The Morgan fingerprint density at radius 2 is 2.04 bits per heavy atom. The van der Waals surface area contributed by atoms with Gasteiger partial charge < -0.3 is 25.0 Å². The van der Waals surface area contributed by atoms with E-state index in [1.54, 1.807) is 30.2 Å². The van der Waals surface area contributed by atoms with E-state index in [0.29, 0.717) is 30.0 Å². The molecule has 1 aromatic carbocycles. The monoisotopic (exact) mass is 361 g/mol. The average molecular weight is 361 g/mol. The minimum atomic E-state index is -0.420. The first-order chi connectivity index (χ1) is 12.6. The summed E-state index contributed by atoms with van der Waals surface area (Å²) in [7, 11) is 3.09. The zero-order valence-electron chi connectivity index (χ0n) is 15.4. The summed E-state index contributed by atoms with van der Waals surface area (Å²) in [4.78, 5) is 27.4. The first kappa shape index (κ1) is 18.5. The molecule has 0 saturated carbocycles. The Morgan fingerprint density at radius 1 is 1.19 bits per heavy atom. The Kier molecular flexibility index (Phi) is 5.98. The molecule has 0 aliphatic carbocycles. The summed E-state index contributed by atoms with van der Waals surface area (Å²) in [5.74, 6) is 0.844. The highest BCUT2D eigenvalue weighted by atomic mass is 16.5. The average Bonchev–Trinajstić information content (AvgIpc) is 3.17. The third kappa shape index (κ3) is 3.93. The van der Waals surface area contributed by atoms with Gasteiger partial charge in [0.15, 0.2) is 0 Å². The van der Waals surface area contributed by atoms with Crippen LogP contribution in [0.15, 0.2) is 18.2 Å². The Hall–Kier alpha value is -2.28. The smallest absolute Gasteiger partial charge is 0.258 e. The van der Waals surface area contributed by atoms with Crippen LogP contribution in [0.25, 0.3) is 0 Å². The maximum atomic E-state index is 13.0. The molecule has 142 valence electrons. The van der Waals surface area contributed by atoms with E-state index in [-0.39, 0.29) is 17.9 Å². The molecule has 7 nitrogen and oxygen atoms in total. The van der Waals surface area contributed by atoms with E-state index in [2.05, 4.69) is 10.6 Å². The summed E-state index contributed by atoms with van der Waals surface area (Å²) in [5.41, 5.74) is 0.451. The normalized spacial score (nSPS) is 22.8. The van der Waals surface area contributed by atoms with Crippen molar-refractivity contribution in [3.8, 4) is 11.5 Å². The molecule has 0 aromatic heterocycles. The maximum Gasteiger partial charge on any atom is 0.258 e. The largest absolute Gasteiger partial charge is 0.497 e. The Morgan fingerprint density at radius 3 is 2.73 bits per heavy atom. The number of likely N-dealkylation sites (tertiary alicyclic amines) is 1. The number of hydrogen-bond donors (Lipinski definition) is 2. The molecule has 0 radical (unpaired) electrons. The van der Waals surface area contributed by atoms with E-state index in [9.17, 15) is 9.59 Å². The lowest BCUT2D eigenvalue weighted by atomic mass is 10.1. The Labute approximate surface area is 154 Å². The highest BCUT2D eigenvalue weighted by molar-refractivity contribution is 6.00. The number of nitrogens with zero attached hydrogens (tertiary/aromatic N) is 1. The summed E-state index contributed by atoms with van der Waals surface area (Å²) >= 11 is 0. The zero-order valence-corrected chi connectivity index (χ0v) is 15.4. The first-order valence-corrected chi connectivity index (χ1v) is 9.18. The quantitative estimate of drug-likeness (QED) is 0.823. The molecule has 0 bridgehead atoms. The van der Waals surface area contributed by atoms with Crippen LogP contribution < -0.4 is 20.1 Å². The molecule has 0 spiro atoms. The molecule has 2 atom stereocenters. The van der Waals surface area contributed by atoms with Crippen LogP contribution in [0.3, 0.4) is 0 Å². The summed E-state index contributed by atoms with van der Waals surface area (Å²) < 4.78 is 10.5. The molecule has 7 heteroatoms. The van der Waals surface area contributed by atoms with E-state index in [1.165, 1.54) is 7.11 Å². The number of rotatable bonds is 5. The van der Waals surface area contributed by atoms with Crippen molar-refractivity contribution < 1.29 is 19.1 Å². The van der Waals surface area contributed by atoms with Crippen LogP contribution in [0.4, 0.5) is 0 Å². The zero-order chi connectivity index (χ0) is 18.5. The predicted molar refractivity (Wildman–Crippen MR) is 97.6 cm³/mol. The van der Waals surface area contributed by atoms with Gasteiger partial charge in [-0.2, -0.15) is 0 Å². The summed E-state index contributed by atoms with van der Waals surface area (Å²) in [6, 6.07) is 4.83. The molecule has 1 unspecified atom stereocenters. The van der Waals surface area contributed by atoms with Crippen LogP contribution in [0.1, 0.15) is 36.0 Å². The molecular formula is C19H27N3O4. The van der Waals surface area contributed by atoms with Gasteiger partial charge in [0, 0.05) is 25.2 Å². The lowest BCUT2D eigenvalue weighted by molar-refractivity contribution is -0.125. The molecule has 1 aromatic rings. The van der Waals surface area contributed by atoms with E-state index < -0.39 is 6.04 Å². The van der Waals surface area contributed by atoms with Gasteiger partial charge >= 0.3 is 0 Å². The standard InChI is InChI=1S/C19H27N3O4/c1-25-14-7-8-15(17(11-14)26-2)19(24)22-10-4-6-16(22)18(23)21-13-5-3-9-20-12-13/h7-8,11,13,16,20H,3-6,9-10,12H2,1-2H3,(H,21,23)/t13-,16?/m0/s1. The molecule has 2 N–H and O–H groups in total. The highest BCUT2D eigenvalue weighted by Crippen LogP contribution is 2.28. The second kappa shape index (κ2) is 8.40. The number of hydrogen-bond acceptors (Lipinski definition) is 5. The summed E-state index contributed by atoms with van der Waals surface area (Å²) in [6.45, 7) is 2.37. The fourth-order valence-electron chi connectivity index (χ4n) is 3.68. The van der Waals surface area contributed by atoms with E-state index in [1.807, 2.05) is 0 Å². The minimum absolute atomic E-state index is 0.0583. The SMILES string of the molecule is COc1ccc(C(=O)N2CCCC2C(=O)N[C@H]2CCCNC2)c(OC)c1. The summed E-state index contributed by atoms with van der Waals surface area (Å²) in [6.07, 6.45) is 3.55. The number of carbonyl (C=O) groups is 2. The van der Waals surface area contributed by atoms with Gasteiger partial charge in [-0.15, -0.1) is 0 Å². The van der Waals surface area contributed by atoms with Crippen molar-refractivity contribution in [1.82, 2.24) is 15.5 Å². The maximum absolute atomic E-state index is 13.0. The lowest BCUT2D eigenvalue weighted by Gasteiger charge is -2.29. The van der Waals surface area contributed by atoms with Gasteiger partial charge in [-0.05, 0) is 44.4 Å². The molecule has 2 aliphatic heterocycles. The topological polar surface area (TPSA) is 79.9 Å². The van der Waals surface area contributed by atoms with E-state index in [4.69, 9.17) is 9.47 Å². The molecule has 2 amide bonds. The predicted octanol–water partition coefficient (Wildman–Crippen LogP) is 1.18. The van der Waals surface area contributed by atoms with Crippen molar-refractivity contribution >= 4 is 11.8 Å². The number of nitrogens with one attached hydrogen (secondary N) is 2. The first-order valence-electron chi connectivity index (χ1n) is 9.18. The molecule has 3 rings (SSSR count). The lowest BCUT2D eigenvalue weighted by Crippen LogP contribution is -2.52. The molecule has 26 heavy (non-hydrogen) atoms. The van der Waals surface area contributed by atoms with Crippen LogP contribution in [0.5, 0.6) is 11.5 Å². The fourth-order valence-corrected chi connectivity index (χ4v) is 3.68. The fraction of sp³-hybridized carbons (Fsp3) is 0.579. The molecular weight excluding hydrogens is 334 g/mol. The number of carbonyl (C=O) groups excluding carboxylic acids is 2. The van der Waals surface area contributed by atoms with Gasteiger partial charge in [0.25, 0.3) is 5.91 Å². The van der Waals surface area contributed by atoms with Gasteiger partial charge in [0.2, 0.25) is 5.91 Å². The van der Waals surface area contributed by atoms with Gasteiger partial charge in [0.05, 0.1) is 19.8 Å². The van der Waals surface area contributed by atoms with Crippen LogP contribution in [-0.4, -0.2) is 62.7 Å². The molecule has 2 heterocycles. The van der Waals surface area contributed by atoms with Gasteiger partial charge in [-0.1, -0.05) is 0 Å². The minimum Gasteiger partial charge on any atom is -0.497 e. The van der Waals surface area contributed by atoms with Crippen molar-refractivity contribution in [3.05, 3.63) is 23.8 Å². The van der Waals surface area contributed by atoms with Gasteiger partial charge in [0.1, 0.15) is 17.5 Å².